The summed E-state index contributed by atoms with van der Waals surface area (Å²) in [7, 11) is 0. The number of rotatable bonds is 4. The molecular formula is C11H19N5O. The zero-order chi connectivity index (χ0) is 12.3. The minimum atomic E-state index is -0.218. The van der Waals surface area contributed by atoms with Gasteiger partial charge in [0, 0.05) is 12.7 Å². The first-order valence-electron chi connectivity index (χ1n) is 5.98. The van der Waals surface area contributed by atoms with Crippen molar-refractivity contribution in [3.8, 4) is 0 Å². The van der Waals surface area contributed by atoms with Gasteiger partial charge in [0.05, 0.1) is 24.5 Å². The third-order valence-electron chi connectivity index (χ3n) is 3.21. The monoisotopic (exact) mass is 237 g/mol. The Labute approximate surface area is 101 Å². The third-order valence-corrected chi connectivity index (χ3v) is 3.21. The van der Waals surface area contributed by atoms with Crippen LogP contribution in [-0.4, -0.2) is 39.7 Å². The average Bonchev–Trinajstić information content (AvgIpc) is 2.73. The van der Waals surface area contributed by atoms with Crippen LogP contribution in [0.5, 0.6) is 0 Å². The van der Waals surface area contributed by atoms with Crippen LogP contribution in [0, 0.1) is 0 Å². The van der Waals surface area contributed by atoms with Gasteiger partial charge in [0.2, 0.25) is 5.91 Å². The molecule has 1 aliphatic rings. The zero-order valence-corrected chi connectivity index (χ0v) is 9.88. The molecule has 1 aromatic rings. The first kappa shape index (κ1) is 11.9. The van der Waals surface area contributed by atoms with Gasteiger partial charge in [-0.1, -0.05) is 6.42 Å². The number of hydrogen-bond donors (Lipinski definition) is 2. The van der Waals surface area contributed by atoms with Gasteiger partial charge in [0.15, 0.2) is 0 Å². The summed E-state index contributed by atoms with van der Waals surface area (Å²) >= 11 is 0. The van der Waals surface area contributed by atoms with Gasteiger partial charge in [-0.3, -0.25) is 14.4 Å². The standard InChI is InChI=1S/C11H19N5O/c12-9-7-14-16(8-9)6-5-15-4-2-1-3-10(15)11(13)17/h7-8,10H,1-6,12H2,(H2,13,17). The highest BCUT2D eigenvalue weighted by Crippen LogP contribution is 2.16. The normalized spacial score (nSPS) is 21.5. The summed E-state index contributed by atoms with van der Waals surface area (Å²) in [5.74, 6) is -0.218. The smallest absolute Gasteiger partial charge is 0.234 e. The van der Waals surface area contributed by atoms with Crippen molar-refractivity contribution >= 4 is 11.6 Å². The summed E-state index contributed by atoms with van der Waals surface area (Å²) in [4.78, 5) is 13.5. The van der Waals surface area contributed by atoms with Gasteiger partial charge < -0.3 is 11.5 Å². The van der Waals surface area contributed by atoms with E-state index in [4.69, 9.17) is 11.5 Å². The lowest BCUT2D eigenvalue weighted by Crippen LogP contribution is -2.48. The third kappa shape index (κ3) is 2.97. The van der Waals surface area contributed by atoms with Crippen LogP contribution in [0.25, 0.3) is 0 Å². The highest BCUT2D eigenvalue weighted by Gasteiger charge is 2.26. The van der Waals surface area contributed by atoms with Crippen LogP contribution in [0.1, 0.15) is 19.3 Å². The second-order valence-electron chi connectivity index (χ2n) is 4.49. The number of nitrogens with two attached hydrogens (primary N) is 2. The Morgan fingerprint density at radius 2 is 2.29 bits per heavy atom. The number of nitrogen functional groups attached to an aromatic ring is 1. The fourth-order valence-corrected chi connectivity index (χ4v) is 2.31. The SMILES string of the molecule is NC(=O)C1CCCCN1CCn1cc(N)cn1. The van der Waals surface area contributed by atoms with Gasteiger partial charge >= 0.3 is 0 Å². The quantitative estimate of drug-likeness (QED) is 0.759. The summed E-state index contributed by atoms with van der Waals surface area (Å²) in [6.07, 6.45) is 6.51. The van der Waals surface area contributed by atoms with Gasteiger partial charge in [0.1, 0.15) is 0 Å². The molecule has 17 heavy (non-hydrogen) atoms. The largest absolute Gasteiger partial charge is 0.396 e. The highest BCUT2D eigenvalue weighted by molar-refractivity contribution is 5.79. The Bertz CT molecular complexity index is 389. The maximum Gasteiger partial charge on any atom is 0.234 e. The molecule has 1 aromatic heterocycles. The summed E-state index contributed by atoms with van der Waals surface area (Å²) in [6, 6.07) is -0.114. The topological polar surface area (TPSA) is 90.2 Å². The molecule has 0 spiro atoms. The number of likely N-dealkylation sites (tertiary alicyclic amines) is 1. The van der Waals surface area contributed by atoms with Gasteiger partial charge in [-0.05, 0) is 19.4 Å². The molecule has 0 aliphatic carbocycles. The Kier molecular flexibility index (Phi) is 3.63. The molecule has 94 valence electrons. The van der Waals surface area contributed by atoms with Gasteiger partial charge in [-0.15, -0.1) is 0 Å². The number of anilines is 1. The molecule has 0 aromatic carbocycles. The molecular weight excluding hydrogens is 218 g/mol. The van der Waals surface area contributed by atoms with Crippen LogP contribution in [0.3, 0.4) is 0 Å². The molecule has 0 saturated carbocycles. The molecule has 4 N–H and O–H groups in total. The molecule has 6 nitrogen and oxygen atoms in total. The second kappa shape index (κ2) is 5.18. The lowest BCUT2D eigenvalue weighted by molar-refractivity contribution is -0.124. The van der Waals surface area contributed by atoms with Crippen LogP contribution < -0.4 is 11.5 Å². The number of hydrogen-bond acceptors (Lipinski definition) is 4. The Morgan fingerprint density at radius 3 is 2.94 bits per heavy atom. The van der Waals surface area contributed by atoms with Crippen LogP contribution >= 0.6 is 0 Å². The lowest BCUT2D eigenvalue weighted by atomic mass is 10.0. The number of piperidine rings is 1. The summed E-state index contributed by atoms with van der Waals surface area (Å²) in [6.45, 7) is 2.46. The fraction of sp³-hybridized carbons (Fsp3) is 0.636. The van der Waals surface area contributed by atoms with Crippen molar-refractivity contribution < 1.29 is 4.79 Å². The Balaban J connectivity index is 1.90. The van der Waals surface area contributed by atoms with E-state index in [0.717, 1.165) is 38.9 Å². The van der Waals surface area contributed by atoms with Crippen molar-refractivity contribution in [1.82, 2.24) is 14.7 Å². The van der Waals surface area contributed by atoms with Crippen LogP contribution in [0.4, 0.5) is 5.69 Å². The highest BCUT2D eigenvalue weighted by atomic mass is 16.1. The fourth-order valence-electron chi connectivity index (χ4n) is 2.31. The molecule has 1 atom stereocenters. The minimum absolute atomic E-state index is 0.114. The Hall–Kier alpha value is -1.56. The lowest BCUT2D eigenvalue weighted by Gasteiger charge is -2.33. The zero-order valence-electron chi connectivity index (χ0n) is 9.88. The van der Waals surface area contributed by atoms with E-state index < -0.39 is 0 Å². The van der Waals surface area contributed by atoms with E-state index in [9.17, 15) is 4.79 Å². The van der Waals surface area contributed by atoms with Crippen molar-refractivity contribution in [1.29, 1.82) is 0 Å². The van der Waals surface area contributed by atoms with Crippen molar-refractivity contribution in [2.45, 2.75) is 31.8 Å². The predicted molar refractivity (Wildman–Crippen MR) is 65.0 cm³/mol. The van der Waals surface area contributed by atoms with E-state index in [2.05, 4.69) is 10.00 Å². The molecule has 0 bridgehead atoms. The molecule has 1 fully saturated rings. The van der Waals surface area contributed by atoms with Gasteiger partial charge in [-0.2, -0.15) is 5.10 Å². The van der Waals surface area contributed by atoms with Crippen molar-refractivity contribution in [2.75, 3.05) is 18.8 Å². The van der Waals surface area contributed by atoms with Crippen LogP contribution in [0.2, 0.25) is 0 Å². The molecule has 6 heteroatoms. The number of nitrogens with zero attached hydrogens (tertiary/aromatic N) is 3. The summed E-state index contributed by atoms with van der Waals surface area (Å²) < 4.78 is 1.79. The molecule has 1 aliphatic heterocycles. The van der Waals surface area contributed by atoms with Crippen molar-refractivity contribution in [2.24, 2.45) is 5.73 Å². The van der Waals surface area contributed by atoms with E-state index in [1.54, 1.807) is 17.1 Å². The van der Waals surface area contributed by atoms with Crippen molar-refractivity contribution in [3.63, 3.8) is 0 Å². The first-order valence-corrected chi connectivity index (χ1v) is 5.98. The predicted octanol–water partition coefficient (Wildman–Crippen LogP) is -0.195. The summed E-state index contributed by atoms with van der Waals surface area (Å²) in [5.41, 5.74) is 11.7. The van der Waals surface area contributed by atoms with E-state index in [1.165, 1.54) is 0 Å². The molecule has 1 amide bonds. The molecule has 1 unspecified atom stereocenters. The summed E-state index contributed by atoms with van der Waals surface area (Å²) in [5, 5.41) is 4.12. The minimum Gasteiger partial charge on any atom is -0.396 e. The number of carbonyl (C=O) groups is 1. The molecule has 2 rings (SSSR count). The average molecular weight is 237 g/mol. The van der Waals surface area contributed by atoms with E-state index in [1.807, 2.05) is 0 Å². The number of amides is 1. The van der Waals surface area contributed by atoms with Crippen molar-refractivity contribution in [3.05, 3.63) is 12.4 Å². The maximum absolute atomic E-state index is 11.3. The number of primary amides is 1. The molecule has 0 radical (unpaired) electrons. The first-order chi connectivity index (χ1) is 8.16. The van der Waals surface area contributed by atoms with Crippen LogP contribution in [-0.2, 0) is 11.3 Å². The van der Waals surface area contributed by atoms with Gasteiger partial charge in [0.25, 0.3) is 0 Å². The molecule has 2 heterocycles. The Morgan fingerprint density at radius 1 is 1.47 bits per heavy atom. The molecule has 1 saturated heterocycles. The second-order valence-corrected chi connectivity index (χ2v) is 4.49. The van der Waals surface area contributed by atoms with Crippen LogP contribution in [0.15, 0.2) is 12.4 Å². The maximum atomic E-state index is 11.3. The van der Waals surface area contributed by atoms with E-state index in [-0.39, 0.29) is 11.9 Å². The van der Waals surface area contributed by atoms with Gasteiger partial charge in [-0.25, -0.2) is 0 Å². The van der Waals surface area contributed by atoms with E-state index in [0.29, 0.717) is 5.69 Å². The van der Waals surface area contributed by atoms with E-state index >= 15 is 0 Å². The number of aromatic nitrogens is 2. The number of carbonyl (C=O) groups excluding carboxylic acids is 1.